The Hall–Kier alpha value is -1.78. The Labute approximate surface area is 148 Å². The highest BCUT2D eigenvalue weighted by molar-refractivity contribution is 9.10. The molecule has 0 saturated carbocycles. The maximum atomic E-state index is 6.37. The molecule has 0 aliphatic rings. The lowest BCUT2D eigenvalue weighted by molar-refractivity contribution is 0.352. The van der Waals surface area contributed by atoms with E-state index >= 15 is 0 Å². The standard InChI is InChI=1S/C18H15BrClNO2/c1-22-16-5-3-4-11(17(16)23-2)8-13-9-12-10-14(19)6-7-15(12)21-18(13)20/h3-7,9-10H,8H2,1-2H3. The predicted octanol–water partition coefficient (Wildman–Crippen LogP) is 5.26. The number of hydrogen-bond donors (Lipinski definition) is 0. The molecule has 5 heteroatoms. The van der Waals surface area contributed by atoms with Gasteiger partial charge in [-0.05, 0) is 35.9 Å². The fourth-order valence-electron chi connectivity index (χ4n) is 2.59. The lowest BCUT2D eigenvalue weighted by Crippen LogP contribution is -1.98. The quantitative estimate of drug-likeness (QED) is 0.568. The number of pyridine rings is 1. The minimum atomic E-state index is 0.504. The molecule has 0 unspecified atom stereocenters. The molecule has 1 heterocycles. The molecule has 0 spiro atoms. The number of methoxy groups -OCH3 is 2. The van der Waals surface area contributed by atoms with E-state index in [0.717, 1.165) is 32.3 Å². The summed E-state index contributed by atoms with van der Waals surface area (Å²) in [6.45, 7) is 0. The Bertz CT molecular complexity index is 867. The van der Waals surface area contributed by atoms with Gasteiger partial charge in [-0.2, -0.15) is 0 Å². The van der Waals surface area contributed by atoms with Crippen LogP contribution in [0.2, 0.25) is 5.15 Å². The average molecular weight is 393 g/mol. The summed E-state index contributed by atoms with van der Waals surface area (Å²) in [6.07, 6.45) is 0.620. The van der Waals surface area contributed by atoms with E-state index < -0.39 is 0 Å². The van der Waals surface area contributed by atoms with E-state index in [2.05, 4.69) is 27.0 Å². The Morgan fingerprint density at radius 1 is 1.04 bits per heavy atom. The van der Waals surface area contributed by atoms with Crippen molar-refractivity contribution in [1.29, 1.82) is 0 Å². The van der Waals surface area contributed by atoms with Gasteiger partial charge in [-0.3, -0.25) is 0 Å². The van der Waals surface area contributed by atoms with E-state index in [1.54, 1.807) is 14.2 Å². The van der Waals surface area contributed by atoms with Crippen molar-refractivity contribution >= 4 is 38.4 Å². The van der Waals surface area contributed by atoms with Gasteiger partial charge in [0.05, 0.1) is 19.7 Å². The summed E-state index contributed by atoms with van der Waals surface area (Å²) in [5.41, 5.74) is 2.83. The van der Waals surface area contributed by atoms with Crippen molar-refractivity contribution in [3.05, 3.63) is 63.2 Å². The average Bonchev–Trinajstić information content (AvgIpc) is 2.55. The highest BCUT2D eigenvalue weighted by atomic mass is 79.9. The molecule has 0 radical (unpaired) electrons. The van der Waals surface area contributed by atoms with Crippen molar-refractivity contribution < 1.29 is 9.47 Å². The molecule has 23 heavy (non-hydrogen) atoms. The summed E-state index contributed by atoms with van der Waals surface area (Å²) in [6, 6.07) is 13.8. The number of nitrogens with zero attached hydrogens (tertiary/aromatic N) is 1. The highest BCUT2D eigenvalue weighted by Gasteiger charge is 2.13. The van der Waals surface area contributed by atoms with Gasteiger partial charge in [0, 0.05) is 21.8 Å². The van der Waals surface area contributed by atoms with Gasteiger partial charge in [0.1, 0.15) is 5.15 Å². The molecular formula is C18H15BrClNO2. The minimum Gasteiger partial charge on any atom is -0.493 e. The highest BCUT2D eigenvalue weighted by Crippen LogP contribution is 2.34. The van der Waals surface area contributed by atoms with E-state index in [4.69, 9.17) is 21.1 Å². The monoisotopic (exact) mass is 391 g/mol. The number of ether oxygens (including phenoxy) is 2. The molecule has 3 rings (SSSR count). The number of benzene rings is 2. The van der Waals surface area contributed by atoms with E-state index in [9.17, 15) is 0 Å². The Morgan fingerprint density at radius 2 is 1.87 bits per heavy atom. The largest absolute Gasteiger partial charge is 0.493 e. The van der Waals surface area contributed by atoms with Crippen LogP contribution in [0, 0.1) is 0 Å². The van der Waals surface area contributed by atoms with Crippen LogP contribution in [0.15, 0.2) is 46.9 Å². The second kappa shape index (κ2) is 6.77. The lowest BCUT2D eigenvalue weighted by atomic mass is 10.0. The van der Waals surface area contributed by atoms with Crippen molar-refractivity contribution in [2.45, 2.75) is 6.42 Å². The molecule has 1 aromatic heterocycles. The lowest BCUT2D eigenvalue weighted by Gasteiger charge is -2.13. The van der Waals surface area contributed by atoms with Gasteiger partial charge in [0.15, 0.2) is 11.5 Å². The normalized spacial score (nSPS) is 10.8. The molecular weight excluding hydrogens is 378 g/mol. The summed E-state index contributed by atoms with van der Waals surface area (Å²) >= 11 is 9.85. The summed E-state index contributed by atoms with van der Waals surface area (Å²) in [5, 5.41) is 1.55. The van der Waals surface area contributed by atoms with Crippen LogP contribution in [0.1, 0.15) is 11.1 Å². The second-order valence-corrected chi connectivity index (χ2v) is 6.38. The van der Waals surface area contributed by atoms with Crippen LogP contribution in [0.25, 0.3) is 10.9 Å². The Morgan fingerprint density at radius 3 is 2.61 bits per heavy atom. The smallest absolute Gasteiger partial charge is 0.164 e. The fourth-order valence-corrected chi connectivity index (χ4v) is 3.18. The molecule has 0 aliphatic carbocycles. The first-order chi connectivity index (χ1) is 11.1. The van der Waals surface area contributed by atoms with Crippen molar-refractivity contribution in [2.24, 2.45) is 0 Å². The van der Waals surface area contributed by atoms with Gasteiger partial charge < -0.3 is 9.47 Å². The summed E-state index contributed by atoms with van der Waals surface area (Å²) < 4.78 is 11.9. The zero-order chi connectivity index (χ0) is 16.4. The number of halogens is 2. The first kappa shape index (κ1) is 16.1. The summed E-state index contributed by atoms with van der Waals surface area (Å²) in [4.78, 5) is 4.48. The van der Waals surface area contributed by atoms with E-state index in [1.807, 2.05) is 36.4 Å². The number of fused-ring (bicyclic) bond motifs is 1. The number of aromatic nitrogens is 1. The van der Waals surface area contributed by atoms with E-state index in [1.165, 1.54) is 0 Å². The summed E-state index contributed by atoms with van der Waals surface area (Å²) in [5.74, 6) is 1.43. The molecule has 0 amide bonds. The maximum absolute atomic E-state index is 6.37. The number of hydrogen-bond acceptors (Lipinski definition) is 3. The Kier molecular flexibility index (Phi) is 4.74. The van der Waals surface area contributed by atoms with Gasteiger partial charge in [-0.1, -0.05) is 39.7 Å². The van der Waals surface area contributed by atoms with Crippen LogP contribution in [0.5, 0.6) is 11.5 Å². The van der Waals surface area contributed by atoms with Crippen LogP contribution >= 0.6 is 27.5 Å². The van der Waals surface area contributed by atoms with Crippen LogP contribution in [-0.2, 0) is 6.42 Å². The van der Waals surface area contributed by atoms with Crippen molar-refractivity contribution in [1.82, 2.24) is 4.98 Å². The third-order valence-corrected chi connectivity index (χ3v) is 4.49. The third-order valence-electron chi connectivity index (χ3n) is 3.67. The molecule has 0 saturated heterocycles. The molecule has 3 aromatic rings. The zero-order valence-electron chi connectivity index (χ0n) is 12.8. The molecule has 3 nitrogen and oxygen atoms in total. The van der Waals surface area contributed by atoms with Crippen LogP contribution in [0.4, 0.5) is 0 Å². The van der Waals surface area contributed by atoms with Gasteiger partial charge in [0.2, 0.25) is 0 Å². The minimum absolute atomic E-state index is 0.504. The summed E-state index contributed by atoms with van der Waals surface area (Å²) in [7, 11) is 3.27. The van der Waals surface area contributed by atoms with E-state index in [-0.39, 0.29) is 0 Å². The third kappa shape index (κ3) is 3.28. The molecule has 0 aliphatic heterocycles. The van der Waals surface area contributed by atoms with Crippen molar-refractivity contribution in [3.8, 4) is 11.5 Å². The number of rotatable bonds is 4. The first-order valence-electron chi connectivity index (χ1n) is 7.07. The predicted molar refractivity (Wildman–Crippen MR) is 96.8 cm³/mol. The molecule has 0 atom stereocenters. The van der Waals surface area contributed by atoms with Crippen LogP contribution < -0.4 is 9.47 Å². The number of para-hydroxylation sites is 1. The maximum Gasteiger partial charge on any atom is 0.164 e. The molecule has 0 fully saturated rings. The van der Waals surface area contributed by atoms with Crippen molar-refractivity contribution in [3.63, 3.8) is 0 Å². The van der Waals surface area contributed by atoms with Crippen molar-refractivity contribution in [2.75, 3.05) is 14.2 Å². The van der Waals surface area contributed by atoms with Gasteiger partial charge >= 0.3 is 0 Å². The topological polar surface area (TPSA) is 31.4 Å². The molecule has 0 bridgehead atoms. The molecule has 118 valence electrons. The van der Waals surface area contributed by atoms with Gasteiger partial charge in [0.25, 0.3) is 0 Å². The molecule has 0 N–H and O–H groups in total. The SMILES string of the molecule is COc1cccc(Cc2cc3cc(Br)ccc3nc2Cl)c1OC. The first-order valence-corrected chi connectivity index (χ1v) is 8.24. The van der Waals surface area contributed by atoms with E-state index in [0.29, 0.717) is 17.3 Å². The molecule has 2 aromatic carbocycles. The fraction of sp³-hybridized carbons (Fsp3) is 0.167. The van der Waals surface area contributed by atoms with Crippen LogP contribution in [-0.4, -0.2) is 19.2 Å². The Balaban J connectivity index is 2.06. The van der Waals surface area contributed by atoms with Gasteiger partial charge in [-0.25, -0.2) is 4.98 Å². The zero-order valence-corrected chi connectivity index (χ0v) is 15.1. The van der Waals surface area contributed by atoms with Gasteiger partial charge in [-0.15, -0.1) is 0 Å². The second-order valence-electron chi connectivity index (χ2n) is 5.10. The van der Waals surface area contributed by atoms with Crippen LogP contribution in [0.3, 0.4) is 0 Å².